The van der Waals surface area contributed by atoms with Crippen LogP contribution in [0.25, 0.3) is 0 Å². The highest BCUT2D eigenvalue weighted by Gasteiger charge is 1.99. The highest BCUT2D eigenvalue weighted by molar-refractivity contribution is 5.34. The van der Waals surface area contributed by atoms with Crippen molar-refractivity contribution in [2.24, 2.45) is 0 Å². The molecule has 0 saturated heterocycles. The highest BCUT2D eigenvalue weighted by atomic mass is 16.6. The van der Waals surface area contributed by atoms with Crippen molar-refractivity contribution in [1.82, 2.24) is 0 Å². The zero-order chi connectivity index (χ0) is 14.2. The van der Waals surface area contributed by atoms with Crippen LogP contribution in [0.4, 0.5) is 0 Å². The summed E-state index contributed by atoms with van der Waals surface area (Å²) >= 11 is 0. The molecule has 2 N–H and O–H groups in total. The van der Waals surface area contributed by atoms with E-state index in [1.807, 2.05) is 48.5 Å². The molecule has 0 aromatic heterocycles. The van der Waals surface area contributed by atoms with Crippen molar-refractivity contribution in [3.05, 3.63) is 59.7 Å². The maximum Gasteiger partial charge on any atom is 0.186 e. The molecule has 0 spiro atoms. The number of aliphatic hydroxyl groups is 2. The van der Waals surface area contributed by atoms with E-state index in [1.54, 1.807) is 0 Å². The number of rotatable bonds is 7. The number of aliphatic hydroxyl groups excluding tert-OH is 2. The van der Waals surface area contributed by atoms with E-state index >= 15 is 0 Å². The molecule has 0 fully saturated rings. The molecule has 0 radical (unpaired) electrons. The molecular formula is C16H18O4. The van der Waals surface area contributed by atoms with Gasteiger partial charge in [0.05, 0.1) is 6.61 Å². The topological polar surface area (TPSA) is 58.9 Å². The third kappa shape index (κ3) is 4.26. The third-order valence-corrected chi connectivity index (χ3v) is 2.85. The van der Waals surface area contributed by atoms with Crippen LogP contribution >= 0.6 is 0 Å². The van der Waals surface area contributed by atoms with Crippen molar-refractivity contribution in [2.75, 3.05) is 20.0 Å². The number of hydrogen-bond donors (Lipinski definition) is 2. The number of hydrogen-bond acceptors (Lipinski definition) is 4. The van der Waals surface area contributed by atoms with Gasteiger partial charge in [-0.1, -0.05) is 24.3 Å². The van der Waals surface area contributed by atoms with Crippen LogP contribution in [0.5, 0.6) is 11.5 Å². The second kappa shape index (κ2) is 7.53. The highest BCUT2D eigenvalue weighted by Crippen LogP contribution is 2.17. The Morgan fingerprint density at radius 2 is 1.20 bits per heavy atom. The first kappa shape index (κ1) is 14.4. The fraction of sp³-hybridized carbons (Fsp3) is 0.250. The molecule has 20 heavy (non-hydrogen) atoms. The van der Waals surface area contributed by atoms with Gasteiger partial charge in [-0.2, -0.15) is 0 Å². The molecule has 4 nitrogen and oxygen atoms in total. The molecule has 2 aromatic carbocycles. The maximum atomic E-state index is 8.69. The largest absolute Gasteiger partial charge is 0.491 e. The first-order valence-electron chi connectivity index (χ1n) is 6.47. The van der Waals surface area contributed by atoms with E-state index in [2.05, 4.69) is 0 Å². The van der Waals surface area contributed by atoms with Crippen LogP contribution < -0.4 is 9.47 Å². The predicted molar refractivity (Wildman–Crippen MR) is 76.0 cm³/mol. The molecule has 2 rings (SSSR count). The summed E-state index contributed by atoms with van der Waals surface area (Å²) in [6.07, 6.45) is 0.819. The maximum absolute atomic E-state index is 8.69. The summed E-state index contributed by atoms with van der Waals surface area (Å²) < 4.78 is 10.3. The average molecular weight is 274 g/mol. The van der Waals surface area contributed by atoms with Gasteiger partial charge in [-0.3, -0.25) is 0 Å². The molecule has 106 valence electrons. The zero-order valence-corrected chi connectivity index (χ0v) is 11.2. The molecule has 0 amide bonds. The van der Waals surface area contributed by atoms with Crippen molar-refractivity contribution in [3.63, 3.8) is 0 Å². The Morgan fingerprint density at radius 1 is 0.700 bits per heavy atom. The lowest BCUT2D eigenvalue weighted by molar-refractivity contribution is 0.0985. The minimum absolute atomic E-state index is 0.0179. The summed E-state index contributed by atoms with van der Waals surface area (Å²) in [7, 11) is 0. The summed E-state index contributed by atoms with van der Waals surface area (Å²) in [5.41, 5.74) is 2.34. The quantitative estimate of drug-likeness (QED) is 0.758. The van der Waals surface area contributed by atoms with Crippen LogP contribution in [0.2, 0.25) is 0 Å². The molecule has 0 aliphatic heterocycles. The molecule has 0 heterocycles. The van der Waals surface area contributed by atoms with E-state index in [4.69, 9.17) is 19.7 Å². The van der Waals surface area contributed by atoms with Crippen LogP contribution in [0.1, 0.15) is 11.1 Å². The van der Waals surface area contributed by atoms with Crippen molar-refractivity contribution < 1.29 is 19.7 Å². The first-order chi connectivity index (χ1) is 9.81. The van der Waals surface area contributed by atoms with Crippen LogP contribution in [0.15, 0.2) is 48.5 Å². The minimum atomic E-state index is -0.311. The Kier molecular flexibility index (Phi) is 5.41. The molecule has 0 aliphatic carbocycles. The average Bonchev–Trinajstić information content (AvgIpc) is 2.49. The Hall–Kier alpha value is -2.04. The summed E-state index contributed by atoms with van der Waals surface area (Å²) in [5, 5.41) is 17.3. The van der Waals surface area contributed by atoms with Gasteiger partial charge >= 0.3 is 0 Å². The Bertz CT molecular complexity index is 505. The van der Waals surface area contributed by atoms with Gasteiger partial charge in [-0.15, -0.1) is 0 Å². The van der Waals surface area contributed by atoms with Gasteiger partial charge in [-0.05, 0) is 41.8 Å². The van der Waals surface area contributed by atoms with Crippen LogP contribution in [-0.4, -0.2) is 30.2 Å². The fourth-order valence-electron chi connectivity index (χ4n) is 1.88. The molecule has 4 heteroatoms. The van der Waals surface area contributed by atoms with E-state index in [-0.39, 0.29) is 13.4 Å². The van der Waals surface area contributed by atoms with Gasteiger partial charge < -0.3 is 19.7 Å². The van der Waals surface area contributed by atoms with Crippen molar-refractivity contribution in [3.8, 4) is 11.5 Å². The minimum Gasteiger partial charge on any atom is -0.491 e. The first-order valence-corrected chi connectivity index (χ1v) is 6.47. The predicted octanol–water partition coefficient (Wildman–Crippen LogP) is 1.98. The summed E-state index contributed by atoms with van der Waals surface area (Å²) in [5.74, 6) is 1.42. The molecule has 2 aromatic rings. The van der Waals surface area contributed by atoms with Gasteiger partial charge in [0.15, 0.2) is 6.79 Å². The Morgan fingerprint density at radius 3 is 1.65 bits per heavy atom. The molecule has 0 bridgehead atoms. The van der Waals surface area contributed by atoms with E-state index in [0.29, 0.717) is 12.4 Å². The van der Waals surface area contributed by atoms with Crippen molar-refractivity contribution in [1.29, 1.82) is 0 Å². The van der Waals surface area contributed by atoms with Crippen LogP contribution in [0.3, 0.4) is 0 Å². The lowest BCUT2D eigenvalue weighted by Crippen LogP contribution is -2.01. The summed E-state index contributed by atoms with van der Waals surface area (Å²) in [6.45, 7) is 0.0182. The zero-order valence-electron chi connectivity index (χ0n) is 11.2. The van der Waals surface area contributed by atoms with Crippen LogP contribution in [0, 0.1) is 0 Å². The Balaban J connectivity index is 1.95. The fourth-order valence-corrected chi connectivity index (χ4v) is 1.88. The standard InChI is InChI=1S/C16H18O4/c17-9-10-19-15-5-1-13(2-6-15)11-14-3-7-16(8-4-14)20-12-18/h1-8,17-18H,9-12H2. The van der Waals surface area contributed by atoms with Gasteiger partial charge in [-0.25, -0.2) is 0 Å². The van der Waals surface area contributed by atoms with E-state index in [9.17, 15) is 0 Å². The van der Waals surface area contributed by atoms with E-state index in [1.165, 1.54) is 11.1 Å². The van der Waals surface area contributed by atoms with Crippen LogP contribution in [-0.2, 0) is 6.42 Å². The van der Waals surface area contributed by atoms with Gasteiger partial charge in [0, 0.05) is 0 Å². The number of benzene rings is 2. The Labute approximate surface area is 118 Å². The van der Waals surface area contributed by atoms with Gasteiger partial charge in [0.25, 0.3) is 0 Å². The third-order valence-electron chi connectivity index (χ3n) is 2.85. The van der Waals surface area contributed by atoms with Crippen molar-refractivity contribution >= 4 is 0 Å². The van der Waals surface area contributed by atoms with E-state index in [0.717, 1.165) is 12.2 Å². The monoisotopic (exact) mass is 274 g/mol. The summed E-state index contributed by atoms with van der Waals surface area (Å²) in [6, 6.07) is 15.4. The number of ether oxygens (including phenoxy) is 2. The lowest BCUT2D eigenvalue weighted by atomic mass is 10.0. The van der Waals surface area contributed by atoms with Gasteiger partial charge in [0.2, 0.25) is 0 Å². The molecule has 0 aliphatic rings. The normalized spacial score (nSPS) is 10.3. The smallest absolute Gasteiger partial charge is 0.186 e. The van der Waals surface area contributed by atoms with Crippen molar-refractivity contribution in [2.45, 2.75) is 6.42 Å². The second-order valence-corrected chi connectivity index (χ2v) is 4.31. The molecule has 0 atom stereocenters. The second-order valence-electron chi connectivity index (χ2n) is 4.31. The van der Waals surface area contributed by atoms with Gasteiger partial charge in [0.1, 0.15) is 18.1 Å². The lowest BCUT2D eigenvalue weighted by Gasteiger charge is -2.07. The molecule has 0 saturated carbocycles. The summed E-state index contributed by atoms with van der Waals surface area (Å²) in [4.78, 5) is 0. The molecule has 0 unspecified atom stereocenters. The molecular weight excluding hydrogens is 256 g/mol. The SMILES string of the molecule is OCCOc1ccc(Cc2ccc(OCO)cc2)cc1. The van der Waals surface area contributed by atoms with E-state index < -0.39 is 0 Å².